The highest BCUT2D eigenvalue weighted by Gasteiger charge is 2.08. The Morgan fingerprint density at radius 3 is 2.32 bits per heavy atom. The van der Waals surface area contributed by atoms with Crippen LogP contribution in [0.4, 0.5) is 0 Å². The molecule has 0 aromatic rings. The van der Waals surface area contributed by atoms with Crippen molar-refractivity contribution in [2.45, 2.75) is 79.1 Å². The molecule has 0 bridgehead atoms. The van der Waals surface area contributed by atoms with E-state index in [2.05, 4.69) is 13.8 Å². The maximum absolute atomic E-state index is 11.2. The van der Waals surface area contributed by atoms with E-state index in [-0.39, 0.29) is 11.9 Å². The van der Waals surface area contributed by atoms with Gasteiger partial charge < -0.3 is 4.18 Å². The number of carbonyl (C=O) groups excluding carboxylic acids is 1. The van der Waals surface area contributed by atoms with Crippen LogP contribution in [0, 0.1) is 11.8 Å². The van der Waals surface area contributed by atoms with Crippen LogP contribution in [0.1, 0.15) is 79.1 Å². The Kier molecular flexibility index (Phi) is 12.7. The summed E-state index contributed by atoms with van der Waals surface area (Å²) in [4.78, 5) is 11.2. The van der Waals surface area contributed by atoms with Gasteiger partial charge in [0.25, 0.3) is 0 Å². The normalized spacial score (nSPS) is 12.7. The van der Waals surface area contributed by atoms with Crippen molar-refractivity contribution >= 4 is 18.0 Å². The molecule has 19 heavy (non-hydrogen) atoms. The minimum absolute atomic E-state index is 0.0172. The van der Waals surface area contributed by atoms with E-state index in [4.69, 9.17) is 4.18 Å². The van der Waals surface area contributed by atoms with E-state index in [1.54, 1.807) is 0 Å². The van der Waals surface area contributed by atoms with Gasteiger partial charge in [0.1, 0.15) is 0 Å². The van der Waals surface area contributed by atoms with E-state index in [0.29, 0.717) is 0 Å². The quantitative estimate of drug-likeness (QED) is 0.345. The minimum atomic E-state index is -0.101. The van der Waals surface area contributed by atoms with Gasteiger partial charge in [-0.2, -0.15) is 0 Å². The van der Waals surface area contributed by atoms with E-state index in [9.17, 15) is 4.79 Å². The summed E-state index contributed by atoms with van der Waals surface area (Å²) in [5, 5.41) is 0. The third-order valence-corrected chi connectivity index (χ3v) is 4.23. The molecule has 0 rings (SSSR count). The van der Waals surface area contributed by atoms with Gasteiger partial charge in [0.15, 0.2) is 0 Å². The Balaban J connectivity index is 3.36. The highest BCUT2D eigenvalue weighted by atomic mass is 32.2. The summed E-state index contributed by atoms with van der Waals surface area (Å²) in [6, 6.07) is 0. The predicted molar refractivity (Wildman–Crippen MR) is 85.2 cm³/mol. The van der Waals surface area contributed by atoms with Gasteiger partial charge in [-0.25, -0.2) is 0 Å². The molecule has 0 aliphatic heterocycles. The summed E-state index contributed by atoms with van der Waals surface area (Å²) >= 11 is 1.32. The molecule has 0 aliphatic carbocycles. The number of hydrogen-bond acceptors (Lipinski definition) is 3. The van der Waals surface area contributed by atoms with E-state index in [1.165, 1.54) is 57.0 Å². The van der Waals surface area contributed by atoms with Crippen LogP contribution in [0.2, 0.25) is 0 Å². The molecule has 0 aromatic carbocycles. The Bertz CT molecular complexity index is 217. The number of rotatable bonds is 12. The zero-order valence-electron chi connectivity index (χ0n) is 13.2. The van der Waals surface area contributed by atoms with Gasteiger partial charge in [-0.3, -0.25) is 4.79 Å². The van der Waals surface area contributed by atoms with Crippen molar-refractivity contribution in [2.75, 3.05) is 5.75 Å². The highest BCUT2D eigenvalue weighted by molar-refractivity contribution is 7.95. The van der Waals surface area contributed by atoms with Gasteiger partial charge in [-0.1, -0.05) is 72.6 Å². The summed E-state index contributed by atoms with van der Waals surface area (Å²) in [5.41, 5.74) is 0. The van der Waals surface area contributed by atoms with Crippen LogP contribution in [-0.4, -0.2) is 11.7 Å². The molecule has 0 heterocycles. The van der Waals surface area contributed by atoms with Crippen molar-refractivity contribution in [3.05, 3.63) is 0 Å². The van der Waals surface area contributed by atoms with Crippen LogP contribution in [0.25, 0.3) is 0 Å². The average molecular weight is 288 g/mol. The Morgan fingerprint density at radius 1 is 1.05 bits per heavy atom. The van der Waals surface area contributed by atoms with Crippen molar-refractivity contribution in [1.29, 1.82) is 0 Å². The van der Waals surface area contributed by atoms with E-state index in [0.717, 1.165) is 18.1 Å². The summed E-state index contributed by atoms with van der Waals surface area (Å²) < 4.78 is 5.08. The lowest BCUT2D eigenvalue weighted by Crippen LogP contribution is -2.07. The monoisotopic (exact) mass is 288 g/mol. The molecule has 0 saturated carbocycles. The van der Waals surface area contributed by atoms with Crippen LogP contribution in [0.5, 0.6) is 0 Å². The van der Waals surface area contributed by atoms with Crippen molar-refractivity contribution in [3.8, 4) is 0 Å². The molecule has 0 N–H and O–H groups in total. The second-order valence-corrected chi connectivity index (χ2v) is 6.46. The van der Waals surface area contributed by atoms with Gasteiger partial charge >= 0.3 is 5.97 Å². The largest absolute Gasteiger partial charge is 0.391 e. The van der Waals surface area contributed by atoms with E-state index >= 15 is 0 Å². The highest BCUT2D eigenvalue weighted by Crippen LogP contribution is 2.20. The molecule has 1 unspecified atom stereocenters. The molecule has 0 saturated heterocycles. The standard InChI is InChI=1S/C16H32O2S/c1-5-7-11-15(6-2)12-9-8-10-13-19-18-16(17)14(3)4/h14-15H,5-13H2,1-4H3. The molecule has 3 heteroatoms. The first-order chi connectivity index (χ1) is 9.11. The summed E-state index contributed by atoms with van der Waals surface area (Å²) in [6.07, 6.45) is 10.5. The second-order valence-electron chi connectivity index (χ2n) is 5.64. The van der Waals surface area contributed by atoms with Crippen LogP contribution >= 0.6 is 12.0 Å². The Morgan fingerprint density at radius 2 is 1.74 bits per heavy atom. The van der Waals surface area contributed by atoms with Crippen molar-refractivity contribution in [1.82, 2.24) is 0 Å². The first kappa shape index (κ1) is 18.8. The molecular weight excluding hydrogens is 256 g/mol. The van der Waals surface area contributed by atoms with Gasteiger partial charge in [0.2, 0.25) is 0 Å². The maximum Gasteiger partial charge on any atom is 0.320 e. The van der Waals surface area contributed by atoms with Crippen LogP contribution in [0.3, 0.4) is 0 Å². The first-order valence-electron chi connectivity index (χ1n) is 7.95. The fraction of sp³-hybridized carbons (Fsp3) is 0.938. The lowest BCUT2D eigenvalue weighted by molar-refractivity contribution is -0.136. The maximum atomic E-state index is 11.2. The molecule has 1 atom stereocenters. The molecule has 0 radical (unpaired) electrons. The Hall–Kier alpha value is -0.180. The van der Waals surface area contributed by atoms with Crippen molar-refractivity contribution in [2.24, 2.45) is 11.8 Å². The van der Waals surface area contributed by atoms with Crippen LogP contribution < -0.4 is 0 Å². The topological polar surface area (TPSA) is 26.3 Å². The smallest absolute Gasteiger partial charge is 0.320 e. The van der Waals surface area contributed by atoms with Crippen LogP contribution in [-0.2, 0) is 8.98 Å². The molecule has 0 fully saturated rings. The van der Waals surface area contributed by atoms with E-state index in [1.807, 2.05) is 13.8 Å². The second kappa shape index (κ2) is 12.8. The van der Waals surface area contributed by atoms with Gasteiger partial charge in [0, 0.05) is 5.75 Å². The summed E-state index contributed by atoms with van der Waals surface area (Å²) in [5.74, 6) is 1.74. The van der Waals surface area contributed by atoms with Gasteiger partial charge in [-0.05, 0) is 12.3 Å². The molecular formula is C16H32O2S. The predicted octanol–water partition coefficient (Wildman–Crippen LogP) is 5.61. The van der Waals surface area contributed by atoms with Crippen molar-refractivity contribution in [3.63, 3.8) is 0 Å². The Labute approximate surface area is 124 Å². The van der Waals surface area contributed by atoms with Crippen molar-refractivity contribution < 1.29 is 8.98 Å². The lowest BCUT2D eigenvalue weighted by Gasteiger charge is -2.13. The number of carbonyl (C=O) groups is 1. The van der Waals surface area contributed by atoms with Crippen LogP contribution in [0.15, 0.2) is 0 Å². The third-order valence-electron chi connectivity index (χ3n) is 3.50. The first-order valence-corrected chi connectivity index (χ1v) is 8.86. The zero-order chi connectivity index (χ0) is 14.5. The fourth-order valence-corrected chi connectivity index (χ4v) is 2.73. The molecule has 0 amide bonds. The number of unbranched alkanes of at least 4 members (excludes halogenated alkanes) is 3. The minimum Gasteiger partial charge on any atom is -0.391 e. The SMILES string of the molecule is CCCCC(CC)CCCCCSOC(=O)C(C)C. The fourth-order valence-electron chi connectivity index (χ4n) is 2.01. The van der Waals surface area contributed by atoms with Gasteiger partial charge in [-0.15, -0.1) is 0 Å². The average Bonchev–Trinajstić information content (AvgIpc) is 2.40. The van der Waals surface area contributed by atoms with E-state index < -0.39 is 0 Å². The summed E-state index contributed by atoms with van der Waals surface area (Å²) in [7, 11) is 0. The third kappa shape index (κ3) is 11.4. The zero-order valence-corrected chi connectivity index (χ0v) is 14.1. The molecule has 114 valence electrons. The lowest BCUT2D eigenvalue weighted by atomic mass is 9.93. The summed E-state index contributed by atoms with van der Waals surface area (Å²) in [6.45, 7) is 8.30. The number of hydrogen-bond donors (Lipinski definition) is 0. The molecule has 0 aliphatic rings. The molecule has 0 spiro atoms. The molecule has 2 nitrogen and oxygen atoms in total. The van der Waals surface area contributed by atoms with Gasteiger partial charge in [0.05, 0.1) is 18.0 Å². The molecule has 0 aromatic heterocycles.